The Morgan fingerprint density at radius 1 is 1.36 bits per heavy atom. The van der Waals surface area contributed by atoms with E-state index in [-0.39, 0.29) is 5.41 Å². The van der Waals surface area contributed by atoms with Gasteiger partial charge < -0.3 is 19.3 Å². The Morgan fingerprint density at radius 2 is 2.04 bits per heavy atom. The van der Waals surface area contributed by atoms with E-state index in [1.807, 2.05) is 6.92 Å². The molecule has 7 nitrogen and oxygen atoms in total. The van der Waals surface area contributed by atoms with Crippen molar-refractivity contribution in [2.24, 2.45) is 17.3 Å². The summed E-state index contributed by atoms with van der Waals surface area (Å²) in [6, 6.07) is 0. The summed E-state index contributed by atoms with van der Waals surface area (Å²) < 4.78 is 42.9. The summed E-state index contributed by atoms with van der Waals surface area (Å²) in [5.74, 6) is 0.314. The van der Waals surface area contributed by atoms with Gasteiger partial charge in [-0.25, -0.2) is 4.79 Å². The number of carbonyl (C=O) groups is 1. The Morgan fingerprint density at radius 3 is 2.61 bits per heavy atom. The van der Waals surface area contributed by atoms with Gasteiger partial charge in [-0.15, -0.1) is 0 Å². The number of aliphatic carboxylic acids is 1. The average molecular weight is 405 g/mol. The average Bonchev–Trinajstić information content (AvgIpc) is 3.34. The number of carboxylic acids is 1. The molecule has 2 atom stereocenters. The largest absolute Gasteiger partial charge is 0.490 e. The number of aromatic nitrogens is 2. The summed E-state index contributed by atoms with van der Waals surface area (Å²) in [5.41, 5.74) is 0.206. The highest BCUT2D eigenvalue weighted by Gasteiger charge is 2.51. The molecule has 1 aliphatic carbocycles. The molecule has 3 heterocycles. The van der Waals surface area contributed by atoms with E-state index in [0.717, 1.165) is 43.8 Å². The van der Waals surface area contributed by atoms with E-state index >= 15 is 0 Å². The van der Waals surface area contributed by atoms with E-state index in [1.165, 1.54) is 38.8 Å². The van der Waals surface area contributed by atoms with Crippen LogP contribution in [-0.4, -0.2) is 65.1 Å². The summed E-state index contributed by atoms with van der Waals surface area (Å²) in [7, 11) is 0. The van der Waals surface area contributed by atoms with Crippen LogP contribution < -0.4 is 0 Å². The van der Waals surface area contributed by atoms with Crippen molar-refractivity contribution >= 4 is 5.97 Å². The summed E-state index contributed by atoms with van der Waals surface area (Å²) >= 11 is 0. The molecule has 1 N–H and O–H groups in total. The number of hydrogen-bond acceptors (Lipinski definition) is 6. The number of likely N-dealkylation sites (tertiary alicyclic amines) is 1. The Hall–Kier alpha value is -1.68. The number of hydrogen-bond donors (Lipinski definition) is 1. The van der Waals surface area contributed by atoms with E-state index in [0.29, 0.717) is 5.92 Å². The van der Waals surface area contributed by atoms with Gasteiger partial charge in [-0.1, -0.05) is 18.0 Å². The van der Waals surface area contributed by atoms with Crippen LogP contribution in [0.5, 0.6) is 0 Å². The van der Waals surface area contributed by atoms with E-state index in [1.54, 1.807) is 0 Å². The number of rotatable bonds is 4. The van der Waals surface area contributed by atoms with Crippen molar-refractivity contribution in [1.29, 1.82) is 0 Å². The molecule has 0 radical (unpaired) electrons. The van der Waals surface area contributed by atoms with Crippen LogP contribution in [0.1, 0.15) is 37.4 Å². The molecule has 10 heteroatoms. The second-order valence-corrected chi connectivity index (χ2v) is 8.13. The minimum Gasteiger partial charge on any atom is -0.475 e. The van der Waals surface area contributed by atoms with Gasteiger partial charge in [-0.2, -0.15) is 18.2 Å². The fourth-order valence-corrected chi connectivity index (χ4v) is 4.60. The predicted molar refractivity (Wildman–Crippen MR) is 91.6 cm³/mol. The number of fused-ring (bicyclic) bond motifs is 1. The van der Waals surface area contributed by atoms with Crippen molar-refractivity contribution in [2.75, 3.05) is 32.8 Å². The fraction of sp³-hybridized carbons (Fsp3) is 0.833. The molecule has 2 saturated heterocycles. The highest BCUT2D eigenvalue weighted by Crippen LogP contribution is 2.44. The molecule has 28 heavy (non-hydrogen) atoms. The highest BCUT2D eigenvalue weighted by molar-refractivity contribution is 5.73. The smallest absolute Gasteiger partial charge is 0.475 e. The lowest BCUT2D eigenvalue weighted by molar-refractivity contribution is -0.192. The van der Waals surface area contributed by atoms with Crippen LogP contribution in [0.15, 0.2) is 4.52 Å². The summed E-state index contributed by atoms with van der Waals surface area (Å²) in [6.45, 7) is 7.23. The van der Waals surface area contributed by atoms with E-state index in [2.05, 4.69) is 15.0 Å². The van der Waals surface area contributed by atoms with Gasteiger partial charge in [0.15, 0.2) is 5.82 Å². The lowest BCUT2D eigenvalue weighted by Crippen LogP contribution is -2.34. The summed E-state index contributed by atoms with van der Waals surface area (Å²) in [5, 5.41) is 11.1. The lowest BCUT2D eigenvalue weighted by Gasteiger charge is -2.26. The predicted octanol–water partition coefficient (Wildman–Crippen LogP) is 2.69. The molecule has 158 valence electrons. The second kappa shape index (κ2) is 8.36. The normalized spacial score (nSPS) is 28.2. The van der Waals surface area contributed by atoms with E-state index in [9.17, 15) is 13.2 Å². The minimum atomic E-state index is -5.08. The molecular formula is C18H26F3N3O4. The van der Waals surface area contributed by atoms with Crippen LogP contribution in [0.4, 0.5) is 13.2 Å². The second-order valence-electron chi connectivity index (χ2n) is 8.13. The zero-order valence-electron chi connectivity index (χ0n) is 15.9. The SMILES string of the molecule is Cc1noc(C[C@]23COC[C@H]2CN(CC2CCCC2)C3)n1.O=C(O)C(F)(F)F. The van der Waals surface area contributed by atoms with Crippen molar-refractivity contribution in [3.63, 3.8) is 0 Å². The molecule has 0 aromatic carbocycles. The van der Waals surface area contributed by atoms with Gasteiger partial charge in [0.1, 0.15) is 0 Å². The van der Waals surface area contributed by atoms with Crippen LogP contribution >= 0.6 is 0 Å². The molecule has 2 aliphatic heterocycles. The first-order chi connectivity index (χ1) is 13.2. The molecule has 1 saturated carbocycles. The third-order valence-electron chi connectivity index (χ3n) is 5.90. The molecule has 0 bridgehead atoms. The summed E-state index contributed by atoms with van der Waals surface area (Å²) in [6.07, 6.45) is 1.50. The Kier molecular flexibility index (Phi) is 6.28. The van der Waals surface area contributed by atoms with Crippen molar-refractivity contribution < 1.29 is 32.3 Å². The highest BCUT2D eigenvalue weighted by atomic mass is 19.4. The number of aryl methyl sites for hydroxylation is 1. The third kappa shape index (κ3) is 5.02. The Bertz CT molecular complexity index is 675. The van der Waals surface area contributed by atoms with Crippen LogP contribution in [0, 0.1) is 24.2 Å². The van der Waals surface area contributed by atoms with Gasteiger partial charge in [0, 0.05) is 37.4 Å². The maximum Gasteiger partial charge on any atom is 0.490 e. The molecule has 3 aliphatic rings. The molecule has 4 rings (SSSR count). The third-order valence-corrected chi connectivity index (χ3v) is 5.90. The standard InChI is InChI=1S/C16H25N3O2.C2HF3O2/c1-12-17-15(21-18-12)6-16-10-19(7-13-4-2-3-5-13)8-14(16)9-20-11-16;3-2(4,5)1(6)7/h13-14H,2-11H2,1H3;(H,6,7)/t14-,16+;/m1./s1. The molecule has 1 aromatic rings. The van der Waals surface area contributed by atoms with Crippen LogP contribution in [0.25, 0.3) is 0 Å². The fourth-order valence-electron chi connectivity index (χ4n) is 4.60. The lowest BCUT2D eigenvalue weighted by atomic mass is 9.78. The topological polar surface area (TPSA) is 88.7 Å². The quantitative estimate of drug-likeness (QED) is 0.824. The molecule has 0 spiro atoms. The zero-order valence-corrected chi connectivity index (χ0v) is 15.9. The molecule has 0 unspecified atom stereocenters. The maximum atomic E-state index is 10.6. The monoisotopic (exact) mass is 405 g/mol. The van der Waals surface area contributed by atoms with E-state index < -0.39 is 12.1 Å². The van der Waals surface area contributed by atoms with Crippen molar-refractivity contribution in [3.8, 4) is 0 Å². The number of ether oxygens (including phenoxy) is 1. The van der Waals surface area contributed by atoms with Crippen LogP contribution in [0.3, 0.4) is 0 Å². The minimum absolute atomic E-state index is 0.206. The van der Waals surface area contributed by atoms with Crippen molar-refractivity contribution in [2.45, 2.75) is 45.2 Å². The van der Waals surface area contributed by atoms with Crippen molar-refractivity contribution in [3.05, 3.63) is 11.7 Å². The first-order valence-electron chi connectivity index (χ1n) is 9.57. The van der Waals surface area contributed by atoms with Crippen LogP contribution in [0.2, 0.25) is 0 Å². The van der Waals surface area contributed by atoms with Gasteiger partial charge in [-0.3, -0.25) is 0 Å². The van der Waals surface area contributed by atoms with Gasteiger partial charge in [0.2, 0.25) is 5.89 Å². The van der Waals surface area contributed by atoms with Gasteiger partial charge in [0.25, 0.3) is 0 Å². The maximum absolute atomic E-state index is 10.6. The van der Waals surface area contributed by atoms with Gasteiger partial charge in [0.05, 0.1) is 13.2 Å². The molecule has 1 aromatic heterocycles. The van der Waals surface area contributed by atoms with Crippen LogP contribution in [-0.2, 0) is 16.0 Å². The number of nitrogens with zero attached hydrogens (tertiary/aromatic N) is 3. The first-order valence-corrected chi connectivity index (χ1v) is 9.57. The van der Waals surface area contributed by atoms with E-state index in [4.69, 9.17) is 19.2 Å². The molecule has 0 amide bonds. The Labute approximate surface area is 161 Å². The zero-order chi connectivity index (χ0) is 20.4. The van der Waals surface area contributed by atoms with Gasteiger partial charge >= 0.3 is 12.1 Å². The van der Waals surface area contributed by atoms with Gasteiger partial charge in [-0.05, 0) is 25.7 Å². The number of alkyl halides is 3. The Balaban J connectivity index is 0.000000279. The first kappa shape index (κ1) is 21.0. The number of halogens is 3. The number of carboxylic acid groups (broad SMARTS) is 1. The molecular weight excluding hydrogens is 379 g/mol. The molecule has 3 fully saturated rings. The van der Waals surface area contributed by atoms with Crippen molar-refractivity contribution in [1.82, 2.24) is 15.0 Å². The summed E-state index contributed by atoms with van der Waals surface area (Å²) in [4.78, 5) is 16.0.